The molecule has 3 aliphatic rings. The average molecular weight is 407 g/mol. The van der Waals surface area contributed by atoms with Crippen LogP contribution in [0.25, 0.3) is 0 Å². The Morgan fingerprint density at radius 3 is 2.60 bits per heavy atom. The van der Waals surface area contributed by atoms with Gasteiger partial charge in [-0.05, 0) is 44.2 Å². The van der Waals surface area contributed by atoms with Crippen LogP contribution in [0, 0.1) is 5.92 Å². The number of likely N-dealkylation sites (tertiary alicyclic amines) is 1. The van der Waals surface area contributed by atoms with Gasteiger partial charge in [0.25, 0.3) is 11.5 Å². The molecule has 0 radical (unpaired) electrons. The Hall–Kier alpha value is -3.03. The van der Waals surface area contributed by atoms with Gasteiger partial charge in [-0.15, -0.1) is 0 Å². The molecule has 4 heterocycles. The summed E-state index contributed by atoms with van der Waals surface area (Å²) in [6.45, 7) is 1.50. The quantitative estimate of drug-likeness (QED) is 0.837. The topological polar surface area (TPSA) is 99.3 Å². The lowest BCUT2D eigenvalue weighted by Gasteiger charge is -2.33. The van der Waals surface area contributed by atoms with Gasteiger partial charge in [0.2, 0.25) is 5.91 Å². The Morgan fingerprint density at radius 2 is 1.87 bits per heavy atom. The first-order chi connectivity index (χ1) is 14.6. The first-order valence-electron chi connectivity index (χ1n) is 10.7. The van der Waals surface area contributed by atoms with E-state index in [-0.39, 0.29) is 29.3 Å². The van der Waals surface area contributed by atoms with Crippen molar-refractivity contribution >= 4 is 11.8 Å². The van der Waals surface area contributed by atoms with Crippen LogP contribution in [-0.2, 0) is 17.8 Å². The Balaban J connectivity index is 1.40. The summed E-state index contributed by atoms with van der Waals surface area (Å²) < 4.78 is 0. The maximum Gasteiger partial charge on any atom is 0.254 e. The van der Waals surface area contributed by atoms with Crippen LogP contribution in [0.1, 0.15) is 65.6 Å². The van der Waals surface area contributed by atoms with Crippen LogP contribution in [0.4, 0.5) is 0 Å². The number of carbonyl (C=O) groups is 2. The van der Waals surface area contributed by atoms with Crippen molar-refractivity contribution in [3.63, 3.8) is 0 Å². The maximum atomic E-state index is 12.8. The highest BCUT2D eigenvalue weighted by Crippen LogP contribution is 2.36. The molecule has 0 aromatic carbocycles. The van der Waals surface area contributed by atoms with Crippen molar-refractivity contribution in [2.45, 2.75) is 51.1 Å². The smallest absolute Gasteiger partial charge is 0.254 e. The van der Waals surface area contributed by atoms with E-state index >= 15 is 0 Å². The average Bonchev–Trinajstić information content (AvgIpc) is 3.22. The van der Waals surface area contributed by atoms with Gasteiger partial charge in [0.1, 0.15) is 5.82 Å². The number of aromatic amines is 1. The van der Waals surface area contributed by atoms with Gasteiger partial charge < -0.3 is 14.8 Å². The fraction of sp³-hybridized carbons (Fsp3) is 0.500. The fourth-order valence-corrected chi connectivity index (χ4v) is 4.67. The van der Waals surface area contributed by atoms with Crippen molar-refractivity contribution < 1.29 is 9.59 Å². The Bertz CT molecular complexity index is 1030. The van der Waals surface area contributed by atoms with Gasteiger partial charge in [0, 0.05) is 42.5 Å². The molecule has 1 atom stereocenters. The van der Waals surface area contributed by atoms with Crippen LogP contribution in [0.15, 0.2) is 29.3 Å². The summed E-state index contributed by atoms with van der Waals surface area (Å²) in [5.74, 6) is 0.790. The van der Waals surface area contributed by atoms with Crippen LogP contribution >= 0.6 is 0 Å². The van der Waals surface area contributed by atoms with Gasteiger partial charge in [0.15, 0.2) is 0 Å². The van der Waals surface area contributed by atoms with Crippen molar-refractivity contribution in [1.82, 2.24) is 24.8 Å². The number of hydrogen-bond acceptors (Lipinski definition) is 5. The van der Waals surface area contributed by atoms with Crippen LogP contribution in [0.2, 0.25) is 0 Å². The third-order valence-electron chi connectivity index (χ3n) is 6.61. The molecule has 2 aliphatic heterocycles. The van der Waals surface area contributed by atoms with Gasteiger partial charge in [-0.1, -0.05) is 6.42 Å². The zero-order valence-corrected chi connectivity index (χ0v) is 16.8. The summed E-state index contributed by atoms with van der Waals surface area (Å²) in [5, 5.41) is 0. The van der Waals surface area contributed by atoms with Crippen molar-refractivity contribution in [3.8, 4) is 0 Å². The normalized spacial score (nSPS) is 21.3. The number of pyridine rings is 1. The summed E-state index contributed by atoms with van der Waals surface area (Å²) in [4.78, 5) is 53.7. The SMILES string of the molecule is O=C(c1ccncc1)N1CCc2c(nc([C@@H]3CCCN3C(=O)C3CCC3)[nH]c2=O)C1. The van der Waals surface area contributed by atoms with E-state index in [0.717, 1.165) is 32.1 Å². The number of amides is 2. The molecule has 156 valence electrons. The molecule has 0 unspecified atom stereocenters. The number of rotatable bonds is 3. The summed E-state index contributed by atoms with van der Waals surface area (Å²) in [6, 6.07) is 3.20. The third kappa shape index (κ3) is 3.30. The van der Waals surface area contributed by atoms with Crippen molar-refractivity contribution in [2.24, 2.45) is 5.92 Å². The third-order valence-corrected chi connectivity index (χ3v) is 6.61. The first-order valence-corrected chi connectivity index (χ1v) is 10.7. The van der Waals surface area contributed by atoms with E-state index in [9.17, 15) is 14.4 Å². The molecule has 2 aromatic heterocycles. The molecule has 1 saturated carbocycles. The second kappa shape index (κ2) is 7.66. The summed E-state index contributed by atoms with van der Waals surface area (Å²) in [5.41, 5.74) is 1.72. The van der Waals surface area contributed by atoms with Gasteiger partial charge >= 0.3 is 0 Å². The molecule has 1 saturated heterocycles. The largest absolute Gasteiger partial charge is 0.332 e. The minimum absolute atomic E-state index is 0.0886. The van der Waals surface area contributed by atoms with E-state index in [1.54, 1.807) is 29.4 Å². The number of fused-ring (bicyclic) bond motifs is 1. The first kappa shape index (κ1) is 19.0. The maximum absolute atomic E-state index is 12.8. The second-order valence-corrected chi connectivity index (χ2v) is 8.41. The van der Waals surface area contributed by atoms with E-state index in [1.807, 2.05) is 4.90 Å². The second-order valence-electron chi connectivity index (χ2n) is 8.41. The zero-order valence-electron chi connectivity index (χ0n) is 16.8. The molecule has 0 spiro atoms. The summed E-state index contributed by atoms with van der Waals surface area (Å²) >= 11 is 0. The van der Waals surface area contributed by atoms with Gasteiger partial charge in [-0.3, -0.25) is 19.4 Å². The lowest BCUT2D eigenvalue weighted by Crippen LogP contribution is -2.41. The molecule has 8 nitrogen and oxygen atoms in total. The van der Waals surface area contributed by atoms with Crippen LogP contribution in [0.3, 0.4) is 0 Å². The number of nitrogens with one attached hydrogen (secondary N) is 1. The number of H-pyrrole nitrogens is 1. The Kier molecular flexibility index (Phi) is 4.84. The van der Waals surface area contributed by atoms with Gasteiger partial charge in [-0.2, -0.15) is 0 Å². The lowest BCUT2D eigenvalue weighted by atomic mass is 9.84. The molecular formula is C22H25N5O3. The van der Waals surface area contributed by atoms with Crippen LogP contribution < -0.4 is 5.56 Å². The molecule has 5 rings (SSSR count). The van der Waals surface area contributed by atoms with Crippen LogP contribution in [-0.4, -0.2) is 49.7 Å². The Labute approximate surface area is 174 Å². The van der Waals surface area contributed by atoms with Crippen LogP contribution in [0.5, 0.6) is 0 Å². The molecule has 1 aliphatic carbocycles. The van der Waals surface area contributed by atoms with E-state index in [0.29, 0.717) is 48.7 Å². The predicted octanol–water partition coefficient (Wildman–Crippen LogP) is 1.83. The van der Waals surface area contributed by atoms with E-state index in [2.05, 4.69) is 9.97 Å². The number of carbonyl (C=O) groups excluding carboxylic acids is 2. The highest BCUT2D eigenvalue weighted by Gasteiger charge is 2.38. The minimum Gasteiger partial charge on any atom is -0.332 e. The van der Waals surface area contributed by atoms with Crippen molar-refractivity contribution in [2.75, 3.05) is 13.1 Å². The summed E-state index contributed by atoms with van der Waals surface area (Å²) in [6.07, 6.45) is 8.43. The monoisotopic (exact) mass is 407 g/mol. The summed E-state index contributed by atoms with van der Waals surface area (Å²) in [7, 11) is 0. The number of aromatic nitrogens is 3. The molecule has 0 bridgehead atoms. The highest BCUT2D eigenvalue weighted by molar-refractivity contribution is 5.94. The zero-order chi connectivity index (χ0) is 20.7. The number of hydrogen-bond donors (Lipinski definition) is 1. The molecular weight excluding hydrogens is 382 g/mol. The predicted molar refractivity (Wildman–Crippen MR) is 109 cm³/mol. The molecule has 30 heavy (non-hydrogen) atoms. The van der Waals surface area contributed by atoms with Gasteiger partial charge in [0.05, 0.1) is 18.3 Å². The van der Waals surface area contributed by atoms with Crippen molar-refractivity contribution in [3.05, 3.63) is 57.5 Å². The minimum atomic E-state index is -0.178. The van der Waals surface area contributed by atoms with E-state index in [4.69, 9.17) is 4.98 Å². The molecule has 8 heteroatoms. The molecule has 2 amide bonds. The van der Waals surface area contributed by atoms with E-state index in [1.165, 1.54) is 0 Å². The molecule has 2 aromatic rings. The van der Waals surface area contributed by atoms with Gasteiger partial charge in [-0.25, -0.2) is 4.98 Å². The Morgan fingerprint density at radius 1 is 1.07 bits per heavy atom. The molecule has 2 fully saturated rings. The highest BCUT2D eigenvalue weighted by atomic mass is 16.2. The van der Waals surface area contributed by atoms with E-state index < -0.39 is 0 Å². The lowest BCUT2D eigenvalue weighted by molar-refractivity contribution is -0.139. The fourth-order valence-electron chi connectivity index (χ4n) is 4.67. The molecule has 1 N–H and O–H groups in total. The standard InChI is InChI=1S/C22H25N5O3/c28-20-16-8-12-26(21(29)15-6-9-23-10-7-15)13-17(16)24-19(25-20)18-5-2-11-27(18)22(30)14-3-1-4-14/h6-7,9-10,14,18H,1-5,8,11-13H2,(H,24,25,28)/t18-/m0/s1. The number of nitrogens with zero attached hydrogens (tertiary/aromatic N) is 4. The van der Waals surface area contributed by atoms with Crippen molar-refractivity contribution in [1.29, 1.82) is 0 Å².